The summed E-state index contributed by atoms with van der Waals surface area (Å²) in [4.78, 5) is 14.0. The molecule has 0 spiro atoms. The van der Waals surface area contributed by atoms with Crippen molar-refractivity contribution < 1.29 is 9.18 Å². The van der Waals surface area contributed by atoms with Crippen molar-refractivity contribution in [3.8, 4) is 0 Å². The predicted octanol–water partition coefficient (Wildman–Crippen LogP) is 2.20. The SMILES string of the molecule is O=C(Cl)c1nccc(I)c1F. The topological polar surface area (TPSA) is 30.0 Å². The zero-order valence-electron chi connectivity index (χ0n) is 5.14. The summed E-state index contributed by atoms with van der Waals surface area (Å²) in [7, 11) is 0. The standard InChI is InChI=1S/C6H2ClFINO/c7-6(11)5-4(8)3(9)1-2-10-5/h1-2H. The van der Waals surface area contributed by atoms with Gasteiger partial charge in [0, 0.05) is 6.20 Å². The lowest BCUT2D eigenvalue weighted by atomic mass is 10.3. The molecule has 11 heavy (non-hydrogen) atoms. The van der Waals surface area contributed by atoms with Gasteiger partial charge < -0.3 is 0 Å². The number of carbonyl (C=O) groups is 1. The molecular weight excluding hydrogens is 283 g/mol. The number of rotatable bonds is 1. The van der Waals surface area contributed by atoms with Crippen molar-refractivity contribution >= 4 is 39.4 Å². The van der Waals surface area contributed by atoms with Gasteiger partial charge in [-0.05, 0) is 40.3 Å². The van der Waals surface area contributed by atoms with Crippen LogP contribution in [0.25, 0.3) is 0 Å². The Bertz CT molecular complexity index is 305. The fraction of sp³-hybridized carbons (Fsp3) is 0. The molecule has 1 aromatic rings. The average molecular weight is 285 g/mol. The lowest BCUT2D eigenvalue weighted by Gasteiger charge is -1.96. The minimum absolute atomic E-state index is 0.321. The summed E-state index contributed by atoms with van der Waals surface area (Å²) in [6.07, 6.45) is 1.33. The highest BCUT2D eigenvalue weighted by molar-refractivity contribution is 14.1. The Morgan fingerprint density at radius 3 is 2.82 bits per heavy atom. The Morgan fingerprint density at radius 1 is 1.73 bits per heavy atom. The maximum absolute atomic E-state index is 12.9. The van der Waals surface area contributed by atoms with Gasteiger partial charge in [0.1, 0.15) is 0 Å². The fourth-order valence-corrected chi connectivity index (χ4v) is 1.11. The molecule has 0 amide bonds. The summed E-state index contributed by atoms with van der Waals surface area (Å²) in [6, 6.07) is 1.46. The average Bonchev–Trinajstić information content (AvgIpc) is 1.94. The highest BCUT2D eigenvalue weighted by atomic mass is 127. The van der Waals surface area contributed by atoms with E-state index in [1.807, 2.05) is 0 Å². The van der Waals surface area contributed by atoms with Gasteiger partial charge in [0.15, 0.2) is 11.5 Å². The molecule has 0 aliphatic heterocycles. The molecule has 1 rings (SSSR count). The molecular formula is C6H2ClFINO. The molecule has 0 bridgehead atoms. The summed E-state index contributed by atoms with van der Waals surface area (Å²) < 4.78 is 13.2. The first kappa shape index (κ1) is 8.86. The number of pyridine rings is 1. The zero-order valence-corrected chi connectivity index (χ0v) is 8.06. The van der Waals surface area contributed by atoms with Crippen molar-refractivity contribution in [2.24, 2.45) is 0 Å². The van der Waals surface area contributed by atoms with E-state index >= 15 is 0 Å². The van der Waals surface area contributed by atoms with Gasteiger partial charge in [-0.1, -0.05) is 0 Å². The molecule has 0 aromatic carbocycles. The van der Waals surface area contributed by atoms with Crippen LogP contribution in [0, 0.1) is 9.39 Å². The summed E-state index contributed by atoms with van der Waals surface area (Å²) >= 11 is 6.79. The third-order valence-electron chi connectivity index (χ3n) is 1.03. The van der Waals surface area contributed by atoms with Crippen LogP contribution >= 0.6 is 34.2 Å². The first-order valence-corrected chi connectivity index (χ1v) is 4.08. The number of hydrogen-bond donors (Lipinski definition) is 0. The molecule has 58 valence electrons. The Kier molecular flexibility index (Phi) is 2.78. The molecule has 0 atom stereocenters. The largest absolute Gasteiger partial charge is 0.274 e. The van der Waals surface area contributed by atoms with E-state index in [1.54, 1.807) is 22.6 Å². The minimum atomic E-state index is -0.874. The van der Waals surface area contributed by atoms with E-state index < -0.39 is 11.1 Å². The van der Waals surface area contributed by atoms with Gasteiger partial charge in [-0.15, -0.1) is 0 Å². The smallest absolute Gasteiger partial charge is 0.273 e. The van der Waals surface area contributed by atoms with E-state index in [2.05, 4.69) is 4.98 Å². The Hall–Kier alpha value is -0.230. The van der Waals surface area contributed by atoms with Gasteiger partial charge in [0.05, 0.1) is 3.57 Å². The van der Waals surface area contributed by atoms with E-state index in [-0.39, 0.29) is 5.69 Å². The number of carbonyl (C=O) groups excluding carboxylic acids is 1. The van der Waals surface area contributed by atoms with Crippen LogP contribution in [-0.2, 0) is 0 Å². The molecule has 0 aliphatic carbocycles. The van der Waals surface area contributed by atoms with Gasteiger partial charge in [0.2, 0.25) is 0 Å². The molecule has 0 N–H and O–H groups in total. The molecule has 5 heteroatoms. The van der Waals surface area contributed by atoms with Crippen LogP contribution in [0.2, 0.25) is 0 Å². The van der Waals surface area contributed by atoms with Gasteiger partial charge >= 0.3 is 0 Å². The molecule has 0 radical (unpaired) electrons. The number of hydrogen-bond acceptors (Lipinski definition) is 2. The summed E-state index contributed by atoms with van der Waals surface area (Å²) in [5, 5.41) is -0.874. The zero-order chi connectivity index (χ0) is 8.43. The van der Waals surface area contributed by atoms with Crippen LogP contribution in [0.4, 0.5) is 4.39 Å². The molecule has 1 heterocycles. The summed E-state index contributed by atoms with van der Waals surface area (Å²) in [5.41, 5.74) is -0.321. The number of halogens is 3. The van der Waals surface area contributed by atoms with Crippen LogP contribution in [0.5, 0.6) is 0 Å². The third kappa shape index (κ3) is 1.87. The van der Waals surface area contributed by atoms with Crippen LogP contribution < -0.4 is 0 Å². The van der Waals surface area contributed by atoms with Crippen LogP contribution in [-0.4, -0.2) is 10.2 Å². The van der Waals surface area contributed by atoms with E-state index in [9.17, 15) is 9.18 Å². The van der Waals surface area contributed by atoms with E-state index in [0.29, 0.717) is 3.57 Å². The molecule has 1 aromatic heterocycles. The molecule has 0 saturated carbocycles. The van der Waals surface area contributed by atoms with Crippen molar-refractivity contribution in [1.82, 2.24) is 4.98 Å². The number of nitrogens with zero attached hydrogens (tertiary/aromatic N) is 1. The van der Waals surface area contributed by atoms with Gasteiger partial charge in [-0.25, -0.2) is 9.37 Å². The molecule has 0 unspecified atom stereocenters. The molecule has 0 saturated heterocycles. The quantitative estimate of drug-likeness (QED) is 0.585. The maximum atomic E-state index is 12.9. The van der Waals surface area contributed by atoms with Crippen molar-refractivity contribution in [2.75, 3.05) is 0 Å². The van der Waals surface area contributed by atoms with Crippen molar-refractivity contribution in [3.05, 3.63) is 27.3 Å². The van der Waals surface area contributed by atoms with Gasteiger partial charge in [-0.2, -0.15) is 0 Å². The lowest BCUT2D eigenvalue weighted by molar-refractivity contribution is 0.107. The van der Waals surface area contributed by atoms with Crippen LogP contribution in [0.15, 0.2) is 12.3 Å². The Balaban J connectivity index is 3.27. The second kappa shape index (κ2) is 3.44. The second-order valence-electron chi connectivity index (χ2n) is 1.73. The van der Waals surface area contributed by atoms with Crippen molar-refractivity contribution in [2.45, 2.75) is 0 Å². The number of aromatic nitrogens is 1. The molecule has 0 fully saturated rings. The van der Waals surface area contributed by atoms with Gasteiger partial charge in [-0.3, -0.25) is 4.79 Å². The Labute approximate surface area is 80.9 Å². The lowest BCUT2D eigenvalue weighted by Crippen LogP contribution is -2.00. The van der Waals surface area contributed by atoms with Crippen LogP contribution in [0.3, 0.4) is 0 Å². The summed E-state index contributed by atoms with van der Waals surface area (Å²) in [5.74, 6) is -0.659. The highest BCUT2D eigenvalue weighted by Crippen LogP contribution is 2.13. The highest BCUT2D eigenvalue weighted by Gasteiger charge is 2.12. The summed E-state index contributed by atoms with van der Waals surface area (Å²) in [6.45, 7) is 0. The monoisotopic (exact) mass is 285 g/mol. The van der Waals surface area contributed by atoms with E-state index in [1.165, 1.54) is 12.3 Å². The van der Waals surface area contributed by atoms with Crippen molar-refractivity contribution in [3.63, 3.8) is 0 Å². The first-order valence-electron chi connectivity index (χ1n) is 2.62. The molecule has 0 aliphatic rings. The Morgan fingerprint density at radius 2 is 2.36 bits per heavy atom. The van der Waals surface area contributed by atoms with Gasteiger partial charge in [0.25, 0.3) is 5.24 Å². The van der Waals surface area contributed by atoms with E-state index in [4.69, 9.17) is 11.6 Å². The second-order valence-corrected chi connectivity index (χ2v) is 3.23. The fourth-order valence-electron chi connectivity index (χ4n) is 0.557. The minimum Gasteiger partial charge on any atom is -0.274 e. The van der Waals surface area contributed by atoms with Crippen molar-refractivity contribution in [1.29, 1.82) is 0 Å². The predicted molar refractivity (Wildman–Crippen MR) is 47.1 cm³/mol. The third-order valence-corrected chi connectivity index (χ3v) is 2.04. The van der Waals surface area contributed by atoms with E-state index in [0.717, 1.165) is 0 Å². The van der Waals surface area contributed by atoms with Crippen LogP contribution in [0.1, 0.15) is 10.5 Å². The molecule has 2 nitrogen and oxygen atoms in total. The normalized spacial score (nSPS) is 9.73. The first-order chi connectivity index (χ1) is 5.13. The maximum Gasteiger partial charge on any atom is 0.273 e.